The van der Waals surface area contributed by atoms with Crippen molar-refractivity contribution in [1.82, 2.24) is 10.3 Å². The number of carbonyl (C=O) groups excluding carboxylic acids is 2. The molecule has 0 aliphatic carbocycles. The zero-order valence-electron chi connectivity index (χ0n) is 14.3. The van der Waals surface area contributed by atoms with E-state index in [1.807, 2.05) is 0 Å². The molecule has 9 heteroatoms. The molecule has 1 amide bonds. The lowest BCUT2D eigenvalue weighted by atomic mass is 9.78. The second kappa shape index (κ2) is 6.82. The van der Waals surface area contributed by atoms with E-state index in [2.05, 4.69) is 15.3 Å². The van der Waals surface area contributed by atoms with Crippen molar-refractivity contribution in [2.45, 2.75) is 12.5 Å². The van der Waals surface area contributed by atoms with Crippen LogP contribution in [0.2, 0.25) is 0 Å². The van der Waals surface area contributed by atoms with Crippen LogP contribution < -0.4 is 5.32 Å². The molecule has 0 saturated carbocycles. The lowest BCUT2D eigenvalue weighted by Gasteiger charge is -2.36. The number of amides is 1. The van der Waals surface area contributed by atoms with Crippen LogP contribution in [-0.4, -0.2) is 29.8 Å². The van der Waals surface area contributed by atoms with Gasteiger partial charge in [0.2, 0.25) is 5.91 Å². The van der Waals surface area contributed by atoms with E-state index in [0.717, 1.165) is 25.4 Å². The fourth-order valence-corrected chi connectivity index (χ4v) is 2.94. The highest BCUT2D eigenvalue weighted by Crippen LogP contribution is 2.37. The Hall–Kier alpha value is -3.23. The summed E-state index contributed by atoms with van der Waals surface area (Å²) in [5, 5.41) is 2.31. The Balaban J connectivity index is 2.20. The molecule has 0 bridgehead atoms. The van der Waals surface area contributed by atoms with Gasteiger partial charge in [0.05, 0.1) is 13.3 Å². The summed E-state index contributed by atoms with van der Waals surface area (Å²) in [7, 11) is 1.11. The number of amidine groups is 1. The van der Waals surface area contributed by atoms with Gasteiger partial charge in [0.25, 0.3) is 0 Å². The van der Waals surface area contributed by atoms with E-state index in [1.165, 1.54) is 19.1 Å². The first-order chi connectivity index (χ1) is 12.8. The number of ether oxygens (including phenoxy) is 1. The average molecular weight is 377 g/mol. The number of benzene rings is 1. The van der Waals surface area contributed by atoms with E-state index in [4.69, 9.17) is 4.74 Å². The Labute approximate surface area is 152 Å². The molecule has 0 saturated heterocycles. The summed E-state index contributed by atoms with van der Waals surface area (Å²) in [5.41, 5.74) is -1.59. The van der Waals surface area contributed by atoms with Gasteiger partial charge in [-0.2, -0.15) is 0 Å². The molecule has 1 N–H and O–H groups in total. The van der Waals surface area contributed by atoms with Gasteiger partial charge in [0.15, 0.2) is 17.6 Å². The summed E-state index contributed by atoms with van der Waals surface area (Å²) in [6, 6.07) is 5.61. The summed E-state index contributed by atoms with van der Waals surface area (Å²) >= 11 is 0. The number of nitrogens with zero attached hydrogens (tertiary/aromatic N) is 2. The third-order valence-corrected chi connectivity index (χ3v) is 4.31. The summed E-state index contributed by atoms with van der Waals surface area (Å²) in [6.07, 6.45) is 0.773. The van der Waals surface area contributed by atoms with Crippen LogP contribution in [0.1, 0.15) is 18.2 Å². The Morgan fingerprint density at radius 1 is 1.19 bits per heavy atom. The van der Waals surface area contributed by atoms with E-state index in [9.17, 15) is 22.8 Å². The Morgan fingerprint density at radius 3 is 2.44 bits per heavy atom. The molecule has 0 radical (unpaired) electrons. The van der Waals surface area contributed by atoms with Gasteiger partial charge in [0, 0.05) is 6.07 Å². The lowest BCUT2D eigenvalue weighted by Crippen LogP contribution is -2.54. The first-order valence-corrected chi connectivity index (χ1v) is 7.82. The summed E-state index contributed by atoms with van der Waals surface area (Å²) in [6.45, 7) is 1.46. The van der Waals surface area contributed by atoms with Crippen molar-refractivity contribution >= 4 is 17.7 Å². The van der Waals surface area contributed by atoms with Gasteiger partial charge in [-0.1, -0.05) is 12.1 Å². The summed E-state index contributed by atoms with van der Waals surface area (Å²) in [4.78, 5) is 32.8. The fraction of sp³-hybridized carbons (Fsp3) is 0.222. The third-order valence-electron chi connectivity index (χ3n) is 4.31. The van der Waals surface area contributed by atoms with Crippen LogP contribution in [0.3, 0.4) is 0 Å². The van der Waals surface area contributed by atoms with Gasteiger partial charge < -0.3 is 10.1 Å². The van der Waals surface area contributed by atoms with Crippen LogP contribution in [0.15, 0.2) is 41.5 Å². The molecule has 1 aliphatic heterocycles. The highest BCUT2D eigenvalue weighted by Gasteiger charge is 2.50. The number of methoxy groups -OCH3 is 1. The lowest BCUT2D eigenvalue weighted by molar-refractivity contribution is -0.153. The van der Waals surface area contributed by atoms with E-state index in [-0.39, 0.29) is 11.5 Å². The molecule has 3 rings (SSSR count). The number of aromatic nitrogens is 1. The third kappa shape index (κ3) is 3.27. The zero-order chi connectivity index (χ0) is 19.8. The van der Waals surface area contributed by atoms with Crippen LogP contribution in [-0.2, 0) is 19.9 Å². The van der Waals surface area contributed by atoms with Crippen molar-refractivity contribution in [3.8, 4) is 0 Å². The highest BCUT2D eigenvalue weighted by atomic mass is 19.1. The number of nitrogens with one attached hydrogen (secondary N) is 1. The van der Waals surface area contributed by atoms with Gasteiger partial charge in [-0.05, 0) is 24.6 Å². The monoisotopic (exact) mass is 377 g/mol. The maximum absolute atomic E-state index is 14.1. The maximum atomic E-state index is 14.1. The molecule has 6 nitrogen and oxygen atoms in total. The average Bonchev–Trinajstić information content (AvgIpc) is 2.61. The molecular weight excluding hydrogens is 363 g/mol. The Bertz CT molecular complexity index is 947. The second-order valence-electron chi connectivity index (χ2n) is 6.04. The topological polar surface area (TPSA) is 80.7 Å². The number of hydrogen-bond acceptors (Lipinski definition) is 5. The first kappa shape index (κ1) is 18.6. The smallest absolute Gasteiger partial charge is 0.321 e. The minimum atomic E-state index is -1.53. The quantitative estimate of drug-likeness (QED) is 0.656. The number of hydrogen-bond donors (Lipinski definition) is 1. The molecule has 140 valence electrons. The van der Waals surface area contributed by atoms with E-state index in [0.29, 0.717) is 11.6 Å². The van der Waals surface area contributed by atoms with Crippen molar-refractivity contribution in [3.05, 3.63) is 65.2 Å². The van der Waals surface area contributed by atoms with Crippen molar-refractivity contribution < 1.29 is 27.5 Å². The van der Waals surface area contributed by atoms with Crippen LogP contribution in [0.25, 0.3) is 0 Å². The number of pyridine rings is 1. The molecular formula is C18H14F3N3O3. The number of esters is 1. The molecule has 2 aromatic rings. The first-order valence-electron chi connectivity index (χ1n) is 7.82. The number of rotatable bonds is 3. The van der Waals surface area contributed by atoms with Gasteiger partial charge in [-0.3, -0.25) is 14.6 Å². The Morgan fingerprint density at radius 2 is 1.85 bits per heavy atom. The van der Waals surface area contributed by atoms with Gasteiger partial charge >= 0.3 is 5.97 Å². The SMILES string of the molecule is COC(=O)C1C(=O)NC(c2ncc(F)cc2F)=NC1(C)c1ccc(F)cc1. The Kier molecular flexibility index (Phi) is 4.69. The van der Waals surface area contributed by atoms with Crippen LogP contribution in [0.4, 0.5) is 13.2 Å². The van der Waals surface area contributed by atoms with E-state index >= 15 is 0 Å². The molecule has 1 aromatic heterocycles. The van der Waals surface area contributed by atoms with E-state index < -0.39 is 40.8 Å². The molecule has 2 heterocycles. The highest BCUT2D eigenvalue weighted by molar-refractivity contribution is 6.14. The largest absolute Gasteiger partial charge is 0.468 e. The standard InChI is InChI=1S/C18H14F3N3O3/c1-18(9-3-5-10(19)6-4-9)13(17(26)27-2)16(25)23-15(24-18)14-12(21)7-11(20)8-22-14/h3-8,13H,1-2H3,(H,23,24,25). The molecule has 0 fully saturated rings. The van der Waals surface area contributed by atoms with Crippen molar-refractivity contribution in [2.24, 2.45) is 10.9 Å². The predicted molar refractivity (Wildman–Crippen MR) is 88.1 cm³/mol. The zero-order valence-corrected chi connectivity index (χ0v) is 14.3. The second-order valence-corrected chi connectivity index (χ2v) is 6.04. The van der Waals surface area contributed by atoms with Crippen molar-refractivity contribution in [1.29, 1.82) is 0 Å². The fourth-order valence-electron chi connectivity index (χ4n) is 2.94. The van der Waals surface area contributed by atoms with Crippen LogP contribution in [0.5, 0.6) is 0 Å². The van der Waals surface area contributed by atoms with E-state index in [1.54, 1.807) is 0 Å². The molecule has 1 aromatic carbocycles. The predicted octanol–water partition coefficient (Wildman–Crippen LogP) is 2.08. The molecule has 27 heavy (non-hydrogen) atoms. The molecule has 2 atom stereocenters. The van der Waals surface area contributed by atoms with Crippen molar-refractivity contribution in [2.75, 3.05) is 7.11 Å². The van der Waals surface area contributed by atoms with Gasteiger partial charge in [-0.25, -0.2) is 18.2 Å². The minimum absolute atomic E-state index is 0.274. The number of halogens is 3. The maximum Gasteiger partial charge on any atom is 0.321 e. The molecule has 0 spiro atoms. The van der Waals surface area contributed by atoms with Crippen LogP contribution >= 0.6 is 0 Å². The van der Waals surface area contributed by atoms with Crippen molar-refractivity contribution in [3.63, 3.8) is 0 Å². The summed E-state index contributed by atoms with van der Waals surface area (Å²) in [5.74, 6) is -5.80. The number of carbonyl (C=O) groups is 2. The van der Waals surface area contributed by atoms with Gasteiger partial charge in [-0.15, -0.1) is 0 Å². The minimum Gasteiger partial charge on any atom is -0.468 e. The number of aliphatic imine (C=N–C) groups is 1. The normalized spacial score (nSPS) is 22.0. The van der Waals surface area contributed by atoms with Gasteiger partial charge in [0.1, 0.15) is 22.9 Å². The van der Waals surface area contributed by atoms with Crippen LogP contribution in [0, 0.1) is 23.4 Å². The molecule has 1 aliphatic rings. The molecule has 2 unspecified atom stereocenters. The summed E-state index contributed by atoms with van der Waals surface area (Å²) < 4.78 is 45.3.